The van der Waals surface area contributed by atoms with Gasteiger partial charge in [-0.15, -0.1) is 0 Å². The lowest BCUT2D eigenvalue weighted by Gasteiger charge is -2.25. The molecule has 2 aliphatic heterocycles. The molecule has 1 N–H and O–H groups in total. The number of halogens is 1. The summed E-state index contributed by atoms with van der Waals surface area (Å²) in [4.78, 5) is 27.6. The van der Waals surface area contributed by atoms with Crippen LogP contribution in [0.1, 0.15) is 35.2 Å². The number of likely N-dealkylation sites (tertiary alicyclic amines) is 1. The summed E-state index contributed by atoms with van der Waals surface area (Å²) in [6, 6.07) is 19.3. The van der Waals surface area contributed by atoms with E-state index in [2.05, 4.69) is 0 Å². The molecule has 1 saturated heterocycles. The minimum atomic E-state index is -0.839. The average molecular weight is 443 g/mol. The molecule has 1 fully saturated rings. The molecule has 0 aromatic heterocycles. The van der Waals surface area contributed by atoms with Crippen molar-refractivity contribution in [3.05, 3.63) is 106 Å². The highest BCUT2D eigenvalue weighted by Gasteiger charge is 2.46. The molecule has 2 heterocycles. The second-order valence-electron chi connectivity index (χ2n) is 8.42. The van der Waals surface area contributed by atoms with Gasteiger partial charge in [0, 0.05) is 18.5 Å². The first kappa shape index (κ1) is 20.9. The van der Waals surface area contributed by atoms with E-state index in [0.717, 1.165) is 16.9 Å². The number of aliphatic hydroxyl groups excluding tert-OH is 1. The van der Waals surface area contributed by atoms with E-state index in [0.29, 0.717) is 17.5 Å². The topological polar surface area (TPSA) is 66.8 Å². The van der Waals surface area contributed by atoms with Crippen molar-refractivity contribution in [3.63, 3.8) is 0 Å². The molecule has 2 aliphatic rings. The minimum absolute atomic E-state index is 0.00514. The fraction of sp³-hybridized carbons (Fsp3) is 0.185. The first-order chi connectivity index (χ1) is 15.9. The Morgan fingerprint density at radius 1 is 1.06 bits per heavy atom. The molecule has 166 valence electrons. The fourth-order valence-electron chi connectivity index (χ4n) is 4.54. The van der Waals surface area contributed by atoms with Crippen molar-refractivity contribution in [2.45, 2.75) is 32.0 Å². The lowest BCUT2D eigenvalue weighted by atomic mass is 9.94. The Bertz CT molecular complexity index is 1270. The van der Waals surface area contributed by atoms with Crippen molar-refractivity contribution in [1.29, 1.82) is 0 Å². The Kier molecular flexibility index (Phi) is 5.21. The quantitative estimate of drug-likeness (QED) is 0.358. The normalized spacial score (nSPS) is 21.2. The van der Waals surface area contributed by atoms with Gasteiger partial charge in [-0.1, -0.05) is 42.5 Å². The predicted octanol–water partition coefficient (Wildman–Crippen LogP) is 4.77. The van der Waals surface area contributed by atoms with E-state index in [-0.39, 0.29) is 24.0 Å². The van der Waals surface area contributed by atoms with E-state index in [1.807, 2.05) is 37.3 Å². The van der Waals surface area contributed by atoms with Crippen LogP contribution in [-0.2, 0) is 22.6 Å². The zero-order chi connectivity index (χ0) is 23.1. The summed E-state index contributed by atoms with van der Waals surface area (Å²) >= 11 is 0. The number of carbonyl (C=O) groups is 2. The Morgan fingerprint density at radius 2 is 1.79 bits per heavy atom. The van der Waals surface area contributed by atoms with Crippen molar-refractivity contribution >= 4 is 17.4 Å². The summed E-state index contributed by atoms with van der Waals surface area (Å²) < 4.78 is 19.4. The summed E-state index contributed by atoms with van der Waals surface area (Å²) in [7, 11) is 0. The van der Waals surface area contributed by atoms with Crippen LogP contribution in [0.25, 0.3) is 5.76 Å². The van der Waals surface area contributed by atoms with Gasteiger partial charge in [0.25, 0.3) is 11.7 Å². The van der Waals surface area contributed by atoms with Crippen molar-refractivity contribution < 1.29 is 23.8 Å². The first-order valence-electron chi connectivity index (χ1n) is 10.8. The van der Waals surface area contributed by atoms with Gasteiger partial charge in [0.2, 0.25) is 0 Å². The SMILES string of the molecule is C[C@H]1Cc2cc(C(O)=C3C(=O)C(=O)N(Cc4ccccc4)[C@H]3c3ccc(F)cc3)ccc2O1. The van der Waals surface area contributed by atoms with E-state index >= 15 is 0 Å². The second-order valence-corrected chi connectivity index (χ2v) is 8.42. The second kappa shape index (κ2) is 8.20. The number of carbonyl (C=O) groups excluding carboxylic acids is 2. The zero-order valence-electron chi connectivity index (χ0n) is 18.0. The van der Waals surface area contributed by atoms with Crippen LogP contribution >= 0.6 is 0 Å². The highest BCUT2D eigenvalue weighted by Crippen LogP contribution is 2.41. The van der Waals surface area contributed by atoms with Gasteiger partial charge < -0.3 is 14.7 Å². The van der Waals surface area contributed by atoms with Gasteiger partial charge in [0.15, 0.2) is 0 Å². The number of aliphatic hydroxyl groups is 1. The molecule has 2 atom stereocenters. The maximum Gasteiger partial charge on any atom is 0.295 e. The average Bonchev–Trinajstić information content (AvgIpc) is 3.31. The monoisotopic (exact) mass is 443 g/mol. The van der Waals surface area contributed by atoms with Gasteiger partial charge in [-0.2, -0.15) is 0 Å². The number of nitrogens with zero attached hydrogens (tertiary/aromatic N) is 1. The number of amides is 1. The maximum atomic E-state index is 13.6. The largest absolute Gasteiger partial charge is 0.507 e. The Labute approximate surface area is 190 Å². The molecule has 0 bridgehead atoms. The molecule has 1 amide bonds. The van der Waals surface area contributed by atoms with Crippen LogP contribution in [0.2, 0.25) is 0 Å². The smallest absolute Gasteiger partial charge is 0.295 e. The van der Waals surface area contributed by atoms with Crippen molar-refractivity contribution in [1.82, 2.24) is 4.90 Å². The summed E-state index contributed by atoms with van der Waals surface area (Å²) in [6.07, 6.45) is 0.730. The molecule has 33 heavy (non-hydrogen) atoms. The number of hydrogen-bond acceptors (Lipinski definition) is 4. The molecule has 0 radical (unpaired) electrons. The molecule has 5 nitrogen and oxygen atoms in total. The lowest BCUT2D eigenvalue weighted by Crippen LogP contribution is -2.29. The van der Waals surface area contributed by atoms with E-state index in [9.17, 15) is 19.1 Å². The van der Waals surface area contributed by atoms with E-state index < -0.39 is 23.5 Å². The van der Waals surface area contributed by atoms with Gasteiger partial charge in [-0.25, -0.2) is 4.39 Å². The molecule has 0 saturated carbocycles. The Balaban J connectivity index is 1.62. The standard InChI is InChI=1S/C27H22FNO4/c1-16-13-20-14-19(9-12-22(20)33-16)25(30)23-24(18-7-10-21(28)11-8-18)29(27(32)26(23)31)15-17-5-3-2-4-6-17/h2-12,14,16,24,30H,13,15H2,1H3/t16-,24-/m0/s1. The molecule has 6 heteroatoms. The number of benzene rings is 3. The van der Waals surface area contributed by atoms with Crippen LogP contribution in [0.3, 0.4) is 0 Å². The molecule has 0 unspecified atom stereocenters. The highest BCUT2D eigenvalue weighted by atomic mass is 19.1. The summed E-state index contributed by atoms with van der Waals surface area (Å²) in [5.74, 6) is -1.39. The fourth-order valence-corrected chi connectivity index (χ4v) is 4.54. The number of rotatable bonds is 4. The van der Waals surface area contributed by atoms with Crippen molar-refractivity contribution in [3.8, 4) is 5.75 Å². The number of Topliss-reactive ketones (excluding diaryl/α,β-unsaturated/α-hetero) is 1. The summed E-state index contributed by atoms with van der Waals surface area (Å²) in [6.45, 7) is 2.14. The minimum Gasteiger partial charge on any atom is -0.507 e. The van der Waals surface area contributed by atoms with Crippen LogP contribution in [0.5, 0.6) is 5.75 Å². The maximum absolute atomic E-state index is 13.6. The third-order valence-electron chi connectivity index (χ3n) is 6.09. The third kappa shape index (κ3) is 3.78. The van der Waals surface area contributed by atoms with Crippen LogP contribution < -0.4 is 4.74 Å². The number of hydrogen-bond donors (Lipinski definition) is 1. The summed E-state index contributed by atoms with van der Waals surface area (Å²) in [5, 5.41) is 11.2. The molecular formula is C27H22FNO4. The van der Waals surface area contributed by atoms with E-state index in [1.54, 1.807) is 18.2 Å². The van der Waals surface area contributed by atoms with Gasteiger partial charge in [-0.05, 0) is 53.9 Å². The molecular weight excluding hydrogens is 421 g/mol. The van der Waals surface area contributed by atoms with Crippen LogP contribution in [0.15, 0.2) is 78.4 Å². The van der Waals surface area contributed by atoms with Crippen LogP contribution in [0.4, 0.5) is 4.39 Å². The van der Waals surface area contributed by atoms with Crippen LogP contribution in [0, 0.1) is 5.82 Å². The Morgan fingerprint density at radius 3 is 2.52 bits per heavy atom. The lowest BCUT2D eigenvalue weighted by molar-refractivity contribution is -0.140. The zero-order valence-corrected chi connectivity index (χ0v) is 18.0. The Hall–Kier alpha value is -3.93. The molecule has 0 aliphatic carbocycles. The number of ketones is 1. The van der Waals surface area contributed by atoms with Gasteiger partial charge >= 0.3 is 0 Å². The van der Waals surface area contributed by atoms with E-state index in [4.69, 9.17) is 4.74 Å². The molecule has 0 spiro atoms. The predicted molar refractivity (Wildman–Crippen MR) is 121 cm³/mol. The van der Waals surface area contributed by atoms with Crippen LogP contribution in [-0.4, -0.2) is 27.8 Å². The molecule has 3 aromatic rings. The first-order valence-corrected chi connectivity index (χ1v) is 10.8. The van der Waals surface area contributed by atoms with Crippen molar-refractivity contribution in [2.24, 2.45) is 0 Å². The van der Waals surface area contributed by atoms with Crippen molar-refractivity contribution in [2.75, 3.05) is 0 Å². The number of fused-ring (bicyclic) bond motifs is 1. The molecule has 3 aromatic carbocycles. The summed E-state index contributed by atoms with van der Waals surface area (Å²) in [5.41, 5.74) is 2.76. The van der Waals surface area contributed by atoms with Gasteiger partial charge in [0.1, 0.15) is 23.4 Å². The molecule has 5 rings (SSSR count). The third-order valence-corrected chi connectivity index (χ3v) is 6.09. The van der Waals surface area contributed by atoms with Gasteiger partial charge in [0.05, 0.1) is 11.6 Å². The van der Waals surface area contributed by atoms with Gasteiger partial charge in [-0.3, -0.25) is 9.59 Å². The van der Waals surface area contributed by atoms with E-state index in [1.165, 1.54) is 29.2 Å². The number of ether oxygens (including phenoxy) is 1. The highest BCUT2D eigenvalue weighted by molar-refractivity contribution is 6.46.